The van der Waals surface area contributed by atoms with Crippen LogP contribution in [0.3, 0.4) is 0 Å². The van der Waals surface area contributed by atoms with Crippen molar-refractivity contribution in [3.8, 4) is 0 Å². The third-order valence-electron chi connectivity index (χ3n) is 9.12. The fraction of sp³-hybridized carbons (Fsp3) is 0.900. The maximum Gasteiger partial charge on any atom is 0.203 e. The highest BCUT2D eigenvalue weighted by Gasteiger charge is 2.86. The lowest BCUT2D eigenvalue weighted by Gasteiger charge is -2.75. The van der Waals surface area contributed by atoms with Gasteiger partial charge in [0.15, 0.2) is 0 Å². The van der Waals surface area contributed by atoms with Crippen molar-refractivity contribution in [3.05, 3.63) is 12.2 Å². The molecule has 5 N–H and O–H groups in total. The molecule has 4 saturated carbocycles. The average molecular weight is 366 g/mol. The molecule has 0 aromatic carbocycles. The molecule has 146 valence electrons. The molecule has 26 heavy (non-hydrogen) atoms. The van der Waals surface area contributed by atoms with Crippen LogP contribution < -0.4 is 0 Å². The summed E-state index contributed by atoms with van der Waals surface area (Å²) in [6, 6.07) is 0. The van der Waals surface area contributed by atoms with Crippen molar-refractivity contribution < 1.29 is 30.3 Å². The lowest BCUT2D eigenvalue weighted by atomic mass is 9.35. The zero-order valence-electron chi connectivity index (χ0n) is 15.4. The van der Waals surface area contributed by atoms with E-state index in [1.54, 1.807) is 0 Å². The molecule has 2 heterocycles. The molecule has 2 aliphatic heterocycles. The molecule has 10 atom stereocenters. The van der Waals surface area contributed by atoms with Crippen LogP contribution in [0.1, 0.15) is 39.5 Å². The summed E-state index contributed by atoms with van der Waals surface area (Å²) in [7, 11) is 0. The zero-order chi connectivity index (χ0) is 18.9. The smallest absolute Gasteiger partial charge is 0.203 e. The molecule has 6 nitrogen and oxygen atoms in total. The van der Waals surface area contributed by atoms with Crippen molar-refractivity contribution in [1.82, 2.24) is 0 Å². The van der Waals surface area contributed by atoms with Gasteiger partial charge in [0.25, 0.3) is 0 Å². The fourth-order valence-electron chi connectivity index (χ4n) is 8.15. The normalized spacial score (nSPS) is 62.7. The summed E-state index contributed by atoms with van der Waals surface area (Å²) in [5.74, 6) is -3.06. The molecule has 6 heteroatoms. The second-order valence-corrected chi connectivity index (χ2v) is 10.2. The lowest BCUT2D eigenvalue weighted by molar-refractivity contribution is -0.476. The average Bonchev–Trinajstić information content (AvgIpc) is 2.69. The Kier molecular flexibility index (Phi) is 3.20. The molecule has 0 radical (unpaired) electrons. The van der Waals surface area contributed by atoms with Gasteiger partial charge < -0.3 is 30.3 Å². The van der Waals surface area contributed by atoms with E-state index in [1.165, 1.54) is 0 Å². The molecule has 0 unspecified atom stereocenters. The third kappa shape index (κ3) is 1.45. The topological polar surface area (TPSA) is 110 Å². The van der Waals surface area contributed by atoms with Crippen LogP contribution in [0.2, 0.25) is 0 Å². The van der Waals surface area contributed by atoms with Gasteiger partial charge in [0.2, 0.25) is 5.79 Å². The molecule has 6 aliphatic rings. The predicted octanol–water partition coefficient (Wildman–Crippen LogP) is 0.167. The Morgan fingerprint density at radius 1 is 1.04 bits per heavy atom. The summed E-state index contributed by atoms with van der Waals surface area (Å²) < 4.78 is 5.86. The maximum absolute atomic E-state index is 11.7. The number of rotatable bonds is 0. The van der Waals surface area contributed by atoms with Crippen LogP contribution in [0.25, 0.3) is 0 Å². The van der Waals surface area contributed by atoms with Crippen molar-refractivity contribution in [3.63, 3.8) is 0 Å². The lowest BCUT2D eigenvalue weighted by Crippen LogP contribution is -2.86. The summed E-state index contributed by atoms with van der Waals surface area (Å²) in [4.78, 5) is 0. The van der Waals surface area contributed by atoms with Crippen LogP contribution in [0.5, 0.6) is 0 Å². The van der Waals surface area contributed by atoms with Gasteiger partial charge in [-0.25, -0.2) is 0 Å². The van der Waals surface area contributed by atoms with Gasteiger partial charge >= 0.3 is 0 Å². The van der Waals surface area contributed by atoms with Crippen molar-refractivity contribution in [2.45, 2.75) is 69.7 Å². The molecular weight excluding hydrogens is 336 g/mol. The number of ether oxygens (including phenoxy) is 1. The minimum atomic E-state index is -2.05. The van der Waals surface area contributed by atoms with Gasteiger partial charge in [-0.05, 0) is 42.6 Å². The Morgan fingerprint density at radius 2 is 1.73 bits per heavy atom. The van der Waals surface area contributed by atoms with Gasteiger partial charge in [-0.2, -0.15) is 0 Å². The SMILES string of the molecule is C=C1[C@@H](O)[C@]23[C@H](O)[C@H]1CC[C@H]2[C@@]12CO[C@]3(O)[C@@H](O)[C@@H]1C(C)(C)CC[C@@H]2O. The van der Waals surface area contributed by atoms with E-state index < -0.39 is 41.0 Å². The molecule has 2 saturated heterocycles. The van der Waals surface area contributed by atoms with E-state index in [-0.39, 0.29) is 29.8 Å². The number of hydrogen-bond acceptors (Lipinski definition) is 6. The van der Waals surface area contributed by atoms with Gasteiger partial charge in [-0.1, -0.05) is 20.4 Å². The second-order valence-electron chi connectivity index (χ2n) is 10.2. The van der Waals surface area contributed by atoms with Crippen LogP contribution in [0.4, 0.5) is 0 Å². The Bertz CT molecular complexity index is 677. The molecule has 4 bridgehead atoms. The van der Waals surface area contributed by atoms with Crippen molar-refractivity contribution in [2.24, 2.45) is 34.0 Å². The number of aliphatic hydroxyl groups is 5. The number of hydrogen-bond donors (Lipinski definition) is 5. The van der Waals surface area contributed by atoms with Crippen molar-refractivity contribution >= 4 is 0 Å². The van der Waals surface area contributed by atoms with Crippen LogP contribution >= 0.6 is 0 Å². The highest BCUT2D eigenvalue weighted by molar-refractivity contribution is 5.37. The first-order valence-electron chi connectivity index (χ1n) is 9.84. The highest BCUT2D eigenvalue weighted by atomic mass is 16.6. The molecule has 0 amide bonds. The van der Waals surface area contributed by atoms with E-state index in [1.807, 2.05) is 0 Å². The first-order valence-corrected chi connectivity index (χ1v) is 9.84. The van der Waals surface area contributed by atoms with Gasteiger partial charge in [-0.3, -0.25) is 0 Å². The van der Waals surface area contributed by atoms with Crippen LogP contribution in [0.15, 0.2) is 12.2 Å². The molecule has 2 spiro atoms. The summed E-state index contributed by atoms with van der Waals surface area (Å²) in [6.07, 6.45) is -1.53. The monoisotopic (exact) mass is 366 g/mol. The first-order chi connectivity index (χ1) is 12.1. The van der Waals surface area contributed by atoms with E-state index >= 15 is 0 Å². The largest absolute Gasteiger partial charge is 0.392 e. The molecular formula is C20H30O6. The molecule has 6 rings (SSSR count). The fourth-order valence-corrected chi connectivity index (χ4v) is 8.15. The second kappa shape index (κ2) is 4.73. The van der Waals surface area contributed by atoms with Gasteiger partial charge in [0.1, 0.15) is 6.10 Å². The minimum absolute atomic E-state index is 0.138. The van der Waals surface area contributed by atoms with Crippen LogP contribution in [0, 0.1) is 34.0 Å². The summed E-state index contributed by atoms with van der Waals surface area (Å²) >= 11 is 0. The Labute approximate surface area is 153 Å². The van der Waals surface area contributed by atoms with Gasteiger partial charge in [0, 0.05) is 17.3 Å². The van der Waals surface area contributed by atoms with Crippen molar-refractivity contribution in [1.29, 1.82) is 0 Å². The van der Waals surface area contributed by atoms with Gasteiger partial charge in [-0.15, -0.1) is 0 Å². The zero-order valence-corrected chi connectivity index (χ0v) is 15.4. The van der Waals surface area contributed by atoms with Crippen LogP contribution in [-0.2, 0) is 4.74 Å². The predicted molar refractivity (Wildman–Crippen MR) is 91.7 cm³/mol. The Morgan fingerprint density at radius 3 is 2.42 bits per heavy atom. The number of aliphatic hydroxyl groups excluding tert-OH is 4. The maximum atomic E-state index is 11.7. The summed E-state index contributed by atoms with van der Waals surface area (Å²) in [6.45, 7) is 8.25. The molecule has 0 aromatic heterocycles. The molecule has 0 aromatic rings. The van der Waals surface area contributed by atoms with Crippen molar-refractivity contribution in [2.75, 3.05) is 6.61 Å². The van der Waals surface area contributed by atoms with E-state index in [0.29, 0.717) is 24.8 Å². The van der Waals surface area contributed by atoms with E-state index in [9.17, 15) is 25.5 Å². The van der Waals surface area contributed by atoms with E-state index in [4.69, 9.17) is 4.74 Å². The molecule has 4 aliphatic carbocycles. The Hall–Kier alpha value is -0.500. The highest BCUT2D eigenvalue weighted by Crippen LogP contribution is 2.77. The Balaban J connectivity index is 1.80. The van der Waals surface area contributed by atoms with Gasteiger partial charge in [0.05, 0.1) is 30.3 Å². The van der Waals surface area contributed by atoms with Crippen LogP contribution in [-0.4, -0.2) is 62.3 Å². The summed E-state index contributed by atoms with van der Waals surface area (Å²) in [5.41, 5.74) is -2.01. The number of fused-ring (bicyclic) bond motifs is 2. The minimum Gasteiger partial charge on any atom is -0.392 e. The standard InChI is InChI=1S/C20H30O6/c1-9-10-4-5-11-18-8-26-20(25,19(11,14(9)22)15(10)23)16(24)13(18)17(2,3)7-6-12(18)21/h10-16,21-25H,1,4-8H2,2-3H3/t10-,11-,12-,13+,14+,15+,16-,18+,19-,20+/m0/s1. The van der Waals surface area contributed by atoms with E-state index in [0.717, 1.165) is 6.42 Å². The third-order valence-corrected chi connectivity index (χ3v) is 9.12. The molecule has 6 fully saturated rings. The first kappa shape index (κ1) is 17.6. The summed E-state index contributed by atoms with van der Waals surface area (Å²) in [5, 5.41) is 56.5. The van der Waals surface area contributed by atoms with E-state index in [2.05, 4.69) is 20.4 Å². The quantitative estimate of drug-likeness (QED) is 0.391.